The number of aromatic nitrogens is 4. The first-order valence-corrected chi connectivity index (χ1v) is 11.0. The molecule has 5 rings (SSSR count). The molecule has 0 unspecified atom stereocenters. The third-order valence-corrected chi connectivity index (χ3v) is 5.67. The highest BCUT2D eigenvalue weighted by Crippen LogP contribution is 2.29. The number of nitrogens with zero attached hydrogens (tertiary/aromatic N) is 4. The van der Waals surface area contributed by atoms with Crippen LogP contribution in [-0.2, 0) is 11.3 Å². The average molecular weight is 451 g/mol. The van der Waals surface area contributed by atoms with Gasteiger partial charge in [0.25, 0.3) is 11.8 Å². The fourth-order valence-electron chi connectivity index (χ4n) is 3.71. The number of rotatable bonds is 9. The summed E-state index contributed by atoms with van der Waals surface area (Å²) in [7, 11) is 0. The van der Waals surface area contributed by atoms with E-state index in [0.29, 0.717) is 30.5 Å². The molecule has 172 valence electrons. The molecule has 0 aromatic carbocycles. The first-order chi connectivity index (χ1) is 16.0. The lowest BCUT2D eigenvalue weighted by Crippen LogP contribution is -2.18. The average Bonchev–Trinajstić information content (AvgIpc) is 3.19. The van der Waals surface area contributed by atoms with E-state index in [2.05, 4.69) is 25.7 Å². The number of primary amides is 1. The van der Waals surface area contributed by atoms with Crippen molar-refractivity contribution < 1.29 is 18.7 Å². The molecule has 33 heavy (non-hydrogen) atoms. The van der Waals surface area contributed by atoms with Gasteiger partial charge in [0.1, 0.15) is 12.1 Å². The van der Waals surface area contributed by atoms with Gasteiger partial charge < -0.3 is 25.5 Å². The molecular weight excluding hydrogens is 426 g/mol. The van der Waals surface area contributed by atoms with E-state index in [4.69, 9.17) is 14.9 Å². The van der Waals surface area contributed by atoms with Crippen LogP contribution in [0.4, 0.5) is 11.5 Å². The maximum atomic E-state index is 12.8. The summed E-state index contributed by atoms with van der Waals surface area (Å²) in [5.41, 5.74) is 6.40. The SMILES string of the molecule is NC(=O)c1nn(C[C@@H]2CCCO2)cc1NC(=O)c1coc(-c2ccnc(NCC3CC3)c2)n1. The summed E-state index contributed by atoms with van der Waals surface area (Å²) >= 11 is 0. The number of carbonyl (C=O) groups excluding carboxylic acids is 2. The van der Waals surface area contributed by atoms with Crippen molar-refractivity contribution in [1.29, 1.82) is 0 Å². The number of oxazole rings is 1. The predicted octanol–water partition coefficient (Wildman–Crippen LogP) is 2.29. The van der Waals surface area contributed by atoms with E-state index in [9.17, 15) is 9.59 Å². The quantitative estimate of drug-likeness (QED) is 0.448. The van der Waals surface area contributed by atoms with Gasteiger partial charge in [-0.1, -0.05) is 0 Å². The van der Waals surface area contributed by atoms with Gasteiger partial charge in [-0.2, -0.15) is 5.10 Å². The number of ether oxygens (including phenoxy) is 1. The molecule has 1 atom stereocenters. The first-order valence-electron chi connectivity index (χ1n) is 11.0. The topological polar surface area (TPSA) is 150 Å². The maximum absolute atomic E-state index is 12.8. The van der Waals surface area contributed by atoms with E-state index >= 15 is 0 Å². The lowest BCUT2D eigenvalue weighted by molar-refractivity contribution is 0.0927. The molecule has 2 fully saturated rings. The van der Waals surface area contributed by atoms with Crippen molar-refractivity contribution in [3.8, 4) is 11.5 Å². The Morgan fingerprint density at radius 1 is 1.27 bits per heavy atom. The number of nitrogens with one attached hydrogen (secondary N) is 2. The van der Waals surface area contributed by atoms with Gasteiger partial charge in [-0.15, -0.1) is 0 Å². The van der Waals surface area contributed by atoms with Crippen LogP contribution in [0.15, 0.2) is 35.2 Å². The van der Waals surface area contributed by atoms with Crippen molar-refractivity contribution in [2.45, 2.75) is 38.3 Å². The summed E-state index contributed by atoms with van der Waals surface area (Å²) in [5, 5.41) is 10.2. The highest BCUT2D eigenvalue weighted by atomic mass is 16.5. The zero-order valence-electron chi connectivity index (χ0n) is 18.0. The van der Waals surface area contributed by atoms with Crippen LogP contribution in [0.3, 0.4) is 0 Å². The Morgan fingerprint density at radius 2 is 2.15 bits per heavy atom. The molecule has 0 spiro atoms. The fourth-order valence-corrected chi connectivity index (χ4v) is 3.71. The lowest BCUT2D eigenvalue weighted by atomic mass is 10.2. The predicted molar refractivity (Wildman–Crippen MR) is 119 cm³/mol. The molecule has 3 aromatic heterocycles. The van der Waals surface area contributed by atoms with Crippen LogP contribution in [0.1, 0.15) is 46.7 Å². The molecule has 0 radical (unpaired) electrons. The Labute approximate surface area is 189 Å². The van der Waals surface area contributed by atoms with Crippen LogP contribution in [-0.4, -0.2) is 50.8 Å². The fraction of sp³-hybridized carbons (Fsp3) is 0.409. The molecule has 0 bridgehead atoms. The number of pyridine rings is 1. The molecule has 1 saturated carbocycles. The Hall–Kier alpha value is -3.73. The Kier molecular flexibility index (Phi) is 5.78. The molecule has 11 heteroatoms. The third-order valence-electron chi connectivity index (χ3n) is 5.67. The highest BCUT2D eigenvalue weighted by molar-refractivity contribution is 6.07. The molecule has 4 N–H and O–H groups in total. The van der Waals surface area contributed by atoms with Crippen LogP contribution in [0.25, 0.3) is 11.5 Å². The zero-order chi connectivity index (χ0) is 22.8. The van der Waals surface area contributed by atoms with Gasteiger partial charge in [-0.3, -0.25) is 14.3 Å². The minimum Gasteiger partial charge on any atom is -0.444 e. The van der Waals surface area contributed by atoms with E-state index < -0.39 is 11.8 Å². The summed E-state index contributed by atoms with van der Waals surface area (Å²) in [6.07, 6.45) is 8.92. The van der Waals surface area contributed by atoms with Gasteiger partial charge in [0.15, 0.2) is 11.4 Å². The Balaban J connectivity index is 1.28. The van der Waals surface area contributed by atoms with Crippen molar-refractivity contribution in [2.24, 2.45) is 11.7 Å². The number of hydrogen-bond donors (Lipinski definition) is 3. The molecule has 1 saturated heterocycles. The summed E-state index contributed by atoms with van der Waals surface area (Å²) in [6, 6.07) is 3.59. The number of anilines is 2. The highest BCUT2D eigenvalue weighted by Gasteiger charge is 2.23. The molecule has 2 aliphatic rings. The van der Waals surface area contributed by atoms with Gasteiger partial charge in [-0.25, -0.2) is 9.97 Å². The van der Waals surface area contributed by atoms with E-state index in [1.54, 1.807) is 23.1 Å². The zero-order valence-corrected chi connectivity index (χ0v) is 18.0. The summed E-state index contributed by atoms with van der Waals surface area (Å²) in [4.78, 5) is 33.2. The van der Waals surface area contributed by atoms with Crippen molar-refractivity contribution >= 4 is 23.3 Å². The van der Waals surface area contributed by atoms with Gasteiger partial charge >= 0.3 is 0 Å². The van der Waals surface area contributed by atoms with E-state index in [1.807, 2.05) is 6.07 Å². The van der Waals surface area contributed by atoms with E-state index in [-0.39, 0.29) is 23.2 Å². The largest absolute Gasteiger partial charge is 0.444 e. The second-order valence-electron chi connectivity index (χ2n) is 8.36. The van der Waals surface area contributed by atoms with Crippen molar-refractivity contribution in [2.75, 3.05) is 23.8 Å². The molecule has 2 amide bonds. The van der Waals surface area contributed by atoms with Gasteiger partial charge in [0, 0.05) is 31.1 Å². The molecule has 3 aromatic rings. The van der Waals surface area contributed by atoms with Gasteiger partial charge in [0.05, 0.1) is 18.3 Å². The smallest absolute Gasteiger partial charge is 0.277 e. The van der Waals surface area contributed by atoms with Crippen LogP contribution in [0.5, 0.6) is 0 Å². The van der Waals surface area contributed by atoms with E-state index in [1.165, 1.54) is 19.1 Å². The minimum atomic E-state index is -0.736. The normalized spacial score (nSPS) is 17.8. The molecule has 4 heterocycles. The second kappa shape index (κ2) is 9.02. The first kappa shape index (κ1) is 21.1. The maximum Gasteiger partial charge on any atom is 0.277 e. The summed E-state index contributed by atoms with van der Waals surface area (Å²) < 4.78 is 12.7. The van der Waals surface area contributed by atoms with Crippen LogP contribution < -0.4 is 16.4 Å². The van der Waals surface area contributed by atoms with Crippen LogP contribution >= 0.6 is 0 Å². The summed E-state index contributed by atoms with van der Waals surface area (Å²) in [6.45, 7) is 2.07. The monoisotopic (exact) mass is 451 g/mol. The summed E-state index contributed by atoms with van der Waals surface area (Å²) in [5.74, 6) is 0.466. The Morgan fingerprint density at radius 3 is 2.91 bits per heavy atom. The van der Waals surface area contributed by atoms with Gasteiger partial charge in [0.2, 0.25) is 5.89 Å². The van der Waals surface area contributed by atoms with Crippen molar-refractivity contribution in [3.63, 3.8) is 0 Å². The molecule has 1 aliphatic carbocycles. The van der Waals surface area contributed by atoms with Gasteiger partial charge in [-0.05, 0) is 43.7 Å². The number of amides is 2. The standard InChI is InChI=1S/C22H25N7O4/c23-20(30)19-16(11-29(28-19)10-15-2-1-7-32-15)26-21(31)17-12-33-22(27-17)14-5-6-24-18(8-14)25-9-13-3-4-13/h5-6,8,11-13,15H,1-4,7,9-10H2,(H2,23,30)(H,24,25)(H,26,31)/t15-/m0/s1. The second-order valence-corrected chi connectivity index (χ2v) is 8.36. The molecular formula is C22H25N7O4. The van der Waals surface area contributed by atoms with Crippen LogP contribution in [0.2, 0.25) is 0 Å². The van der Waals surface area contributed by atoms with Crippen molar-refractivity contribution in [3.05, 3.63) is 42.2 Å². The minimum absolute atomic E-state index is 0.0226. The third kappa shape index (κ3) is 5.03. The lowest BCUT2D eigenvalue weighted by Gasteiger charge is -2.08. The van der Waals surface area contributed by atoms with Crippen molar-refractivity contribution in [1.82, 2.24) is 19.7 Å². The molecule has 1 aliphatic heterocycles. The van der Waals surface area contributed by atoms with Crippen LogP contribution in [0, 0.1) is 5.92 Å². The van der Waals surface area contributed by atoms with E-state index in [0.717, 1.165) is 25.2 Å². The number of nitrogens with two attached hydrogens (primary N) is 1. The number of hydrogen-bond acceptors (Lipinski definition) is 8. The molecule has 11 nitrogen and oxygen atoms in total. The Bertz CT molecular complexity index is 1160. The number of carbonyl (C=O) groups is 2.